The number of nitrogens with one attached hydrogen (secondary N) is 1. The van der Waals surface area contributed by atoms with E-state index >= 15 is 0 Å². The van der Waals surface area contributed by atoms with Gasteiger partial charge in [0, 0.05) is 13.2 Å². The van der Waals surface area contributed by atoms with E-state index in [1.807, 2.05) is 0 Å². The largest absolute Gasteiger partial charge is 0.393 e. The summed E-state index contributed by atoms with van der Waals surface area (Å²) in [6.45, 7) is 7.57. The number of carbonyl (C=O) groups is 1. The molecule has 1 unspecified atom stereocenters. The second kappa shape index (κ2) is 7.59. The number of thiocarbonyl (C=S) groups is 1. The maximum atomic E-state index is 11.3. The SMILES string of the molecule is CC(C)COCCNC(=O)C(C)C(N)=S. The van der Waals surface area contributed by atoms with Crippen molar-refractivity contribution in [3.63, 3.8) is 0 Å². The highest BCUT2D eigenvalue weighted by Crippen LogP contribution is 1.94. The molecule has 0 fully saturated rings. The molecular weight excluding hydrogens is 212 g/mol. The smallest absolute Gasteiger partial charge is 0.229 e. The van der Waals surface area contributed by atoms with Crippen molar-refractivity contribution in [1.82, 2.24) is 5.32 Å². The van der Waals surface area contributed by atoms with Crippen molar-refractivity contribution in [3.8, 4) is 0 Å². The normalized spacial score (nSPS) is 12.5. The molecule has 15 heavy (non-hydrogen) atoms. The quantitative estimate of drug-likeness (QED) is 0.501. The molecule has 0 rings (SSSR count). The minimum Gasteiger partial charge on any atom is -0.393 e. The molecule has 1 amide bonds. The van der Waals surface area contributed by atoms with E-state index in [1.165, 1.54) is 0 Å². The van der Waals surface area contributed by atoms with E-state index in [0.717, 1.165) is 0 Å². The third kappa shape index (κ3) is 7.27. The average molecular weight is 232 g/mol. The number of nitrogens with two attached hydrogens (primary N) is 1. The average Bonchev–Trinajstić information content (AvgIpc) is 2.15. The van der Waals surface area contributed by atoms with Gasteiger partial charge >= 0.3 is 0 Å². The Balaban J connectivity index is 3.51. The molecule has 0 saturated heterocycles. The van der Waals surface area contributed by atoms with Crippen LogP contribution in [0, 0.1) is 11.8 Å². The first kappa shape index (κ1) is 14.3. The molecule has 0 aliphatic carbocycles. The van der Waals surface area contributed by atoms with Gasteiger partial charge in [-0.15, -0.1) is 0 Å². The number of hydrogen-bond donors (Lipinski definition) is 2. The highest BCUT2D eigenvalue weighted by molar-refractivity contribution is 7.80. The summed E-state index contributed by atoms with van der Waals surface area (Å²) < 4.78 is 5.31. The van der Waals surface area contributed by atoms with Crippen molar-refractivity contribution < 1.29 is 9.53 Å². The molecule has 0 heterocycles. The molecular formula is C10H20N2O2S. The zero-order valence-electron chi connectivity index (χ0n) is 9.58. The van der Waals surface area contributed by atoms with Crippen molar-refractivity contribution in [1.29, 1.82) is 0 Å². The summed E-state index contributed by atoms with van der Waals surface area (Å²) >= 11 is 4.72. The van der Waals surface area contributed by atoms with Gasteiger partial charge in [-0.25, -0.2) is 0 Å². The molecule has 0 aromatic rings. The fourth-order valence-corrected chi connectivity index (χ4v) is 0.955. The molecule has 1 atom stereocenters. The Kier molecular flexibility index (Phi) is 7.25. The molecule has 0 radical (unpaired) electrons. The van der Waals surface area contributed by atoms with Crippen LogP contribution in [0.1, 0.15) is 20.8 Å². The third-order valence-corrected chi connectivity index (χ3v) is 2.17. The fraction of sp³-hybridized carbons (Fsp3) is 0.800. The molecule has 0 aliphatic heterocycles. The van der Waals surface area contributed by atoms with Crippen molar-refractivity contribution in [2.24, 2.45) is 17.6 Å². The lowest BCUT2D eigenvalue weighted by molar-refractivity contribution is -0.122. The Morgan fingerprint density at radius 2 is 2.07 bits per heavy atom. The minimum atomic E-state index is -0.412. The maximum absolute atomic E-state index is 11.3. The van der Waals surface area contributed by atoms with E-state index in [4.69, 9.17) is 22.7 Å². The summed E-state index contributed by atoms with van der Waals surface area (Å²) in [6, 6.07) is 0. The van der Waals surface area contributed by atoms with Crippen LogP contribution in [0.4, 0.5) is 0 Å². The van der Waals surface area contributed by atoms with Gasteiger partial charge in [0.05, 0.1) is 17.5 Å². The van der Waals surface area contributed by atoms with Crippen LogP contribution in [0.2, 0.25) is 0 Å². The number of rotatable bonds is 7. The van der Waals surface area contributed by atoms with Gasteiger partial charge in [-0.05, 0) is 12.8 Å². The molecule has 0 spiro atoms. The van der Waals surface area contributed by atoms with Gasteiger partial charge < -0.3 is 15.8 Å². The Morgan fingerprint density at radius 1 is 1.47 bits per heavy atom. The first-order valence-electron chi connectivity index (χ1n) is 5.10. The maximum Gasteiger partial charge on any atom is 0.229 e. The predicted octanol–water partition coefficient (Wildman–Crippen LogP) is 0.697. The molecule has 3 N–H and O–H groups in total. The minimum absolute atomic E-state index is 0.143. The molecule has 0 aliphatic rings. The van der Waals surface area contributed by atoms with Gasteiger partial charge in [0.15, 0.2) is 0 Å². The Labute approximate surface area is 96.5 Å². The summed E-state index contributed by atoms with van der Waals surface area (Å²) in [5.41, 5.74) is 5.35. The molecule has 0 aromatic carbocycles. The molecule has 5 heteroatoms. The topological polar surface area (TPSA) is 64.3 Å². The van der Waals surface area contributed by atoms with Crippen LogP contribution in [0.15, 0.2) is 0 Å². The molecule has 0 aromatic heterocycles. The first-order valence-corrected chi connectivity index (χ1v) is 5.50. The van der Waals surface area contributed by atoms with Crippen LogP contribution in [-0.4, -0.2) is 30.7 Å². The molecule has 0 bridgehead atoms. The van der Waals surface area contributed by atoms with Crippen LogP contribution in [0.25, 0.3) is 0 Å². The predicted molar refractivity (Wildman–Crippen MR) is 64.6 cm³/mol. The monoisotopic (exact) mass is 232 g/mol. The van der Waals surface area contributed by atoms with E-state index < -0.39 is 5.92 Å². The Morgan fingerprint density at radius 3 is 2.53 bits per heavy atom. The van der Waals surface area contributed by atoms with E-state index in [9.17, 15) is 4.79 Å². The van der Waals surface area contributed by atoms with Crippen molar-refractivity contribution in [2.75, 3.05) is 19.8 Å². The number of carbonyl (C=O) groups excluding carboxylic acids is 1. The van der Waals surface area contributed by atoms with Crippen LogP contribution in [0.5, 0.6) is 0 Å². The van der Waals surface area contributed by atoms with Gasteiger partial charge in [0.2, 0.25) is 5.91 Å². The Hall–Kier alpha value is -0.680. The molecule has 4 nitrogen and oxygen atoms in total. The Bertz CT molecular complexity index is 219. The highest BCUT2D eigenvalue weighted by atomic mass is 32.1. The van der Waals surface area contributed by atoms with Gasteiger partial charge in [0.25, 0.3) is 0 Å². The van der Waals surface area contributed by atoms with E-state index in [1.54, 1.807) is 6.92 Å². The molecule has 0 saturated carbocycles. The summed E-state index contributed by atoms with van der Waals surface area (Å²) in [6.07, 6.45) is 0. The van der Waals surface area contributed by atoms with E-state index in [-0.39, 0.29) is 10.9 Å². The van der Waals surface area contributed by atoms with E-state index in [0.29, 0.717) is 25.7 Å². The van der Waals surface area contributed by atoms with Gasteiger partial charge in [0.1, 0.15) is 0 Å². The van der Waals surface area contributed by atoms with Gasteiger partial charge in [-0.3, -0.25) is 4.79 Å². The summed E-state index contributed by atoms with van der Waals surface area (Å²) in [4.78, 5) is 11.6. The highest BCUT2D eigenvalue weighted by Gasteiger charge is 2.14. The summed E-state index contributed by atoms with van der Waals surface area (Å²) in [7, 11) is 0. The van der Waals surface area contributed by atoms with Crippen molar-refractivity contribution in [2.45, 2.75) is 20.8 Å². The van der Waals surface area contributed by atoms with Crippen molar-refractivity contribution >= 4 is 23.1 Å². The van der Waals surface area contributed by atoms with E-state index in [2.05, 4.69) is 19.2 Å². The second-order valence-corrected chi connectivity index (χ2v) is 4.36. The first-order chi connectivity index (χ1) is 6.95. The fourth-order valence-electron chi connectivity index (χ4n) is 0.848. The standard InChI is InChI=1S/C10H20N2O2S/c1-7(2)6-14-5-4-12-10(13)8(3)9(11)15/h7-8H,4-6H2,1-3H3,(H2,11,15)(H,12,13). The van der Waals surface area contributed by atoms with Gasteiger partial charge in [-0.2, -0.15) is 0 Å². The summed E-state index contributed by atoms with van der Waals surface area (Å²) in [5.74, 6) is -0.0445. The van der Waals surface area contributed by atoms with Crippen LogP contribution >= 0.6 is 12.2 Å². The lowest BCUT2D eigenvalue weighted by atomic mass is 10.2. The third-order valence-electron chi connectivity index (χ3n) is 1.82. The zero-order valence-corrected chi connectivity index (χ0v) is 10.4. The summed E-state index contributed by atoms with van der Waals surface area (Å²) in [5, 5.41) is 2.71. The van der Waals surface area contributed by atoms with Crippen LogP contribution in [-0.2, 0) is 9.53 Å². The number of hydrogen-bond acceptors (Lipinski definition) is 3. The van der Waals surface area contributed by atoms with Crippen LogP contribution in [0.3, 0.4) is 0 Å². The van der Waals surface area contributed by atoms with Gasteiger partial charge in [-0.1, -0.05) is 26.1 Å². The van der Waals surface area contributed by atoms with Crippen molar-refractivity contribution in [3.05, 3.63) is 0 Å². The lowest BCUT2D eigenvalue weighted by Gasteiger charge is -2.11. The number of ether oxygens (including phenoxy) is 1. The molecule has 88 valence electrons. The van der Waals surface area contributed by atoms with Crippen LogP contribution < -0.4 is 11.1 Å². The zero-order chi connectivity index (χ0) is 11.8. The second-order valence-electron chi connectivity index (χ2n) is 3.88. The number of amides is 1. The lowest BCUT2D eigenvalue weighted by Crippen LogP contribution is -2.37.